The van der Waals surface area contributed by atoms with Crippen LogP contribution in [-0.2, 0) is 40.5 Å². The molecule has 0 unspecified atom stereocenters. The van der Waals surface area contributed by atoms with Crippen LogP contribution in [0.25, 0.3) is 0 Å². The van der Waals surface area contributed by atoms with Crippen LogP contribution in [0.5, 0.6) is 0 Å². The van der Waals surface area contributed by atoms with Crippen molar-refractivity contribution in [2.45, 2.75) is 40.0 Å². The molecule has 2 aromatic rings. The highest BCUT2D eigenvalue weighted by Gasteiger charge is 2.12. The number of carboxylic acids is 2. The average molecular weight is 438 g/mol. The van der Waals surface area contributed by atoms with E-state index in [4.69, 9.17) is 14.9 Å². The Morgan fingerprint density at radius 2 is 1.13 bits per heavy atom. The van der Waals surface area contributed by atoms with Gasteiger partial charge in [-0.05, 0) is 13.8 Å². The van der Waals surface area contributed by atoms with Crippen LogP contribution in [0.2, 0.25) is 0 Å². The van der Waals surface area contributed by atoms with Crippen LogP contribution in [0.1, 0.15) is 11.1 Å². The Labute approximate surface area is 174 Å². The third kappa shape index (κ3) is 5.66. The molecule has 0 saturated carbocycles. The summed E-state index contributed by atoms with van der Waals surface area (Å²) in [5, 5.41) is 17.7. The van der Waals surface area contributed by atoms with E-state index >= 15 is 0 Å². The van der Waals surface area contributed by atoms with Gasteiger partial charge in [-0.25, -0.2) is 9.59 Å². The fourth-order valence-electron chi connectivity index (χ4n) is 2.92. The summed E-state index contributed by atoms with van der Waals surface area (Å²) in [6, 6.07) is 0. The summed E-state index contributed by atoms with van der Waals surface area (Å²) in [5.74, 6) is -2.47. The van der Waals surface area contributed by atoms with Crippen LogP contribution in [0.15, 0.2) is 31.6 Å². The summed E-state index contributed by atoms with van der Waals surface area (Å²) in [6.45, 7) is 1.15. The fraction of sp³-hybridized carbons (Fsp3) is 0.444. The summed E-state index contributed by atoms with van der Waals surface area (Å²) in [7, 11) is 0. The molecule has 0 bridgehead atoms. The van der Waals surface area contributed by atoms with Crippen molar-refractivity contribution in [3.8, 4) is 0 Å². The van der Waals surface area contributed by atoms with Gasteiger partial charge in [0, 0.05) is 23.5 Å². The van der Waals surface area contributed by atoms with Gasteiger partial charge in [-0.3, -0.25) is 37.4 Å². The molecule has 168 valence electrons. The van der Waals surface area contributed by atoms with Gasteiger partial charge in [0.25, 0.3) is 11.1 Å². The van der Waals surface area contributed by atoms with E-state index in [0.717, 1.165) is 18.3 Å². The van der Waals surface area contributed by atoms with Crippen molar-refractivity contribution in [2.75, 3.05) is 13.2 Å². The number of carbonyl (C=O) groups is 2. The van der Waals surface area contributed by atoms with Crippen molar-refractivity contribution in [2.24, 2.45) is 0 Å². The van der Waals surface area contributed by atoms with Crippen LogP contribution in [0, 0.1) is 13.8 Å². The molecule has 0 spiro atoms. The normalized spacial score (nSPS) is 10.9. The number of carboxylic acid groups (broad SMARTS) is 2. The van der Waals surface area contributed by atoms with E-state index in [1.165, 1.54) is 26.2 Å². The lowest BCUT2D eigenvalue weighted by molar-refractivity contribution is -0.138. The van der Waals surface area contributed by atoms with Crippen molar-refractivity contribution >= 4 is 11.9 Å². The van der Waals surface area contributed by atoms with Gasteiger partial charge in [-0.15, -0.1) is 0 Å². The number of aromatic nitrogens is 4. The third-order valence-electron chi connectivity index (χ3n) is 4.35. The molecule has 0 aliphatic heterocycles. The molecule has 0 atom stereocenters. The highest BCUT2D eigenvalue weighted by atomic mass is 16.5. The summed E-state index contributed by atoms with van der Waals surface area (Å²) in [5.41, 5.74) is -2.39. The van der Waals surface area contributed by atoms with Crippen molar-refractivity contribution in [1.29, 1.82) is 0 Å². The summed E-state index contributed by atoms with van der Waals surface area (Å²) in [6.07, 6.45) is 2.34. The highest BCUT2D eigenvalue weighted by molar-refractivity contribution is 5.66. The lowest BCUT2D eigenvalue weighted by Gasteiger charge is -2.12. The Morgan fingerprint density at radius 1 is 0.774 bits per heavy atom. The first-order valence-corrected chi connectivity index (χ1v) is 9.16. The number of nitrogens with zero attached hydrogens (tertiary/aromatic N) is 4. The van der Waals surface area contributed by atoms with E-state index in [9.17, 15) is 28.8 Å². The van der Waals surface area contributed by atoms with E-state index in [1.54, 1.807) is 0 Å². The SMILES string of the molecule is Cc1cn(CC(=O)O)c(=O)n(CCOCCn2c(=O)c(C)cn(CC(=O)O)c2=O)c1=O. The van der Waals surface area contributed by atoms with E-state index in [-0.39, 0.29) is 37.4 Å². The van der Waals surface area contributed by atoms with Gasteiger partial charge in [-0.1, -0.05) is 0 Å². The minimum Gasteiger partial charge on any atom is -0.480 e. The first kappa shape index (κ1) is 23.5. The zero-order valence-electron chi connectivity index (χ0n) is 16.9. The molecule has 0 aromatic carbocycles. The van der Waals surface area contributed by atoms with Gasteiger partial charge in [-0.2, -0.15) is 0 Å². The first-order valence-electron chi connectivity index (χ1n) is 9.16. The van der Waals surface area contributed by atoms with Gasteiger partial charge in [0.2, 0.25) is 0 Å². The van der Waals surface area contributed by atoms with Crippen molar-refractivity contribution in [3.63, 3.8) is 0 Å². The summed E-state index contributed by atoms with van der Waals surface area (Å²) < 4.78 is 8.82. The molecule has 2 heterocycles. The van der Waals surface area contributed by atoms with Gasteiger partial charge >= 0.3 is 23.3 Å². The molecule has 13 nitrogen and oxygen atoms in total. The smallest absolute Gasteiger partial charge is 0.331 e. The Bertz CT molecular complexity index is 1140. The van der Waals surface area contributed by atoms with Gasteiger partial charge in [0.15, 0.2) is 0 Å². The Hall–Kier alpha value is -3.74. The predicted molar refractivity (Wildman–Crippen MR) is 105 cm³/mol. The van der Waals surface area contributed by atoms with Crippen LogP contribution >= 0.6 is 0 Å². The molecule has 2 N–H and O–H groups in total. The quantitative estimate of drug-likeness (QED) is 0.392. The molecular weight excluding hydrogens is 416 g/mol. The molecular formula is C18H22N4O9. The fourth-order valence-corrected chi connectivity index (χ4v) is 2.92. The monoisotopic (exact) mass is 438 g/mol. The molecule has 0 saturated heterocycles. The molecule has 0 amide bonds. The summed E-state index contributed by atoms with van der Waals surface area (Å²) in [4.78, 5) is 70.6. The topological polar surface area (TPSA) is 172 Å². The number of hydrogen-bond acceptors (Lipinski definition) is 7. The van der Waals surface area contributed by atoms with Crippen molar-refractivity contribution < 1.29 is 24.5 Å². The van der Waals surface area contributed by atoms with Gasteiger partial charge in [0.1, 0.15) is 13.1 Å². The largest absolute Gasteiger partial charge is 0.480 e. The van der Waals surface area contributed by atoms with Crippen LogP contribution in [-0.4, -0.2) is 53.6 Å². The zero-order chi connectivity index (χ0) is 23.3. The molecule has 2 aromatic heterocycles. The van der Waals surface area contributed by atoms with Gasteiger partial charge < -0.3 is 14.9 Å². The molecule has 0 aliphatic carbocycles. The second-order valence-corrected chi connectivity index (χ2v) is 6.76. The summed E-state index contributed by atoms with van der Waals surface area (Å²) >= 11 is 0. The Morgan fingerprint density at radius 3 is 1.45 bits per heavy atom. The maximum Gasteiger partial charge on any atom is 0.331 e. The second kappa shape index (κ2) is 9.84. The molecule has 2 rings (SSSR count). The van der Waals surface area contributed by atoms with Crippen LogP contribution in [0.3, 0.4) is 0 Å². The second-order valence-electron chi connectivity index (χ2n) is 6.76. The molecule has 0 aliphatic rings. The van der Waals surface area contributed by atoms with E-state index in [1.807, 2.05) is 0 Å². The highest BCUT2D eigenvalue weighted by Crippen LogP contribution is 1.91. The maximum absolute atomic E-state index is 12.3. The van der Waals surface area contributed by atoms with E-state index < -0.39 is 47.5 Å². The third-order valence-corrected chi connectivity index (χ3v) is 4.35. The molecule has 0 radical (unpaired) electrons. The zero-order valence-corrected chi connectivity index (χ0v) is 16.9. The Balaban J connectivity index is 2.09. The minimum atomic E-state index is -1.24. The Kier molecular flexibility index (Phi) is 7.47. The lowest BCUT2D eigenvalue weighted by atomic mass is 10.3. The van der Waals surface area contributed by atoms with Crippen LogP contribution < -0.4 is 22.5 Å². The number of rotatable bonds is 10. The van der Waals surface area contributed by atoms with E-state index in [2.05, 4.69) is 0 Å². The maximum atomic E-state index is 12.3. The predicted octanol–water partition coefficient (Wildman–Crippen LogP) is -2.16. The van der Waals surface area contributed by atoms with Crippen molar-refractivity contribution in [3.05, 3.63) is 65.2 Å². The number of aryl methyl sites for hydroxylation is 2. The van der Waals surface area contributed by atoms with Crippen LogP contribution in [0.4, 0.5) is 0 Å². The molecule has 31 heavy (non-hydrogen) atoms. The lowest BCUT2D eigenvalue weighted by Crippen LogP contribution is -2.43. The van der Waals surface area contributed by atoms with Crippen molar-refractivity contribution in [1.82, 2.24) is 18.3 Å². The molecule has 13 heteroatoms. The first-order chi connectivity index (χ1) is 14.5. The van der Waals surface area contributed by atoms with Gasteiger partial charge in [0.05, 0.1) is 26.3 Å². The number of hydrogen-bond donors (Lipinski definition) is 2. The number of aliphatic carboxylic acids is 2. The standard InChI is InChI=1S/C18H22N4O9/c1-11-7-19(9-13(23)24)17(29)21(15(11)27)3-5-31-6-4-22-16(28)12(2)8-20(18(22)30)10-14(25)26/h7-8H,3-6,9-10H2,1-2H3,(H,23,24)(H,25,26). The number of ether oxygens (including phenoxy) is 1. The van der Waals surface area contributed by atoms with E-state index in [0.29, 0.717) is 0 Å². The minimum absolute atomic E-state index is 0.116. The molecule has 0 fully saturated rings. The average Bonchev–Trinajstić information content (AvgIpc) is 2.67.